The Kier molecular flexibility index (Phi) is 8.18. The van der Waals surface area contributed by atoms with E-state index in [1.165, 1.54) is 33.5 Å². The molecule has 37 heavy (non-hydrogen) atoms. The normalized spacial score (nSPS) is 16.8. The third-order valence-corrected chi connectivity index (χ3v) is 6.75. The predicted molar refractivity (Wildman–Crippen MR) is 138 cm³/mol. The zero-order valence-electron chi connectivity index (χ0n) is 20.8. The van der Waals surface area contributed by atoms with Crippen LogP contribution in [0.3, 0.4) is 0 Å². The average Bonchev–Trinajstić information content (AvgIpc) is 3.37. The number of benzene rings is 3. The van der Waals surface area contributed by atoms with Gasteiger partial charge in [0.25, 0.3) is 5.91 Å². The summed E-state index contributed by atoms with van der Waals surface area (Å²) in [4.78, 5) is 28.4. The molecule has 1 aliphatic heterocycles. The maximum Gasteiger partial charge on any atom is 0.253 e. The predicted octanol–water partition coefficient (Wildman–Crippen LogP) is 4.68. The highest BCUT2D eigenvalue weighted by Gasteiger charge is 2.41. The molecule has 3 aromatic carbocycles. The molecule has 0 saturated carbocycles. The molecule has 3 aromatic rings. The molecule has 7 nitrogen and oxygen atoms in total. The van der Waals surface area contributed by atoms with Crippen molar-refractivity contribution in [3.05, 3.63) is 88.2 Å². The van der Waals surface area contributed by atoms with Crippen molar-refractivity contribution < 1.29 is 28.2 Å². The molecule has 0 aromatic heterocycles. The molecule has 2 unspecified atom stereocenters. The second kappa shape index (κ2) is 11.5. The second-order valence-electron chi connectivity index (χ2n) is 8.74. The van der Waals surface area contributed by atoms with Gasteiger partial charge in [0.2, 0.25) is 11.7 Å². The summed E-state index contributed by atoms with van der Waals surface area (Å²) < 4.78 is 29.7. The van der Waals surface area contributed by atoms with Crippen LogP contribution >= 0.6 is 11.6 Å². The fourth-order valence-electron chi connectivity index (χ4n) is 4.62. The van der Waals surface area contributed by atoms with Gasteiger partial charge in [0.05, 0.1) is 27.2 Å². The van der Waals surface area contributed by atoms with Gasteiger partial charge in [-0.05, 0) is 53.6 Å². The first-order valence-electron chi connectivity index (χ1n) is 11.7. The Bertz CT molecular complexity index is 1260. The first-order valence-corrected chi connectivity index (χ1v) is 12.1. The summed E-state index contributed by atoms with van der Waals surface area (Å²) in [5, 5.41) is 3.40. The number of carbonyl (C=O) groups is 2. The number of hydrogen-bond acceptors (Lipinski definition) is 5. The van der Waals surface area contributed by atoms with E-state index in [1.54, 1.807) is 53.4 Å². The maximum absolute atomic E-state index is 13.4. The fraction of sp³-hybridized carbons (Fsp3) is 0.286. The Balaban J connectivity index is 1.65. The highest BCUT2D eigenvalue weighted by atomic mass is 35.5. The monoisotopic (exact) mass is 526 g/mol. The van der Waals surface area contributed by atoms with Gasteiger partial charge in [-0.15, -0.1) is 0 Å². The fourth-order valence-corrected chi connectivity index (χ4v) is 4.81. The Morgan fingerprint density at radius 2 is 1.65 bits per heavy atom. The maximum atomic E-state index is 13.4. The number of rotatable bonds is 8. The lowest BCUT2D eigenvalue weighted by Gasteiger charge is -2.21. The SMILES string of the molecule is COc1cc(C2CN(C(=O)c3cccc(Cl)c3)CC2C(=O)NCc2ccc(F)cc2)cc(OC)c1OC. The lowest BCUT2D eigenvalue weighted by molar-refractivity contribution is -0.125. The third kappa shape index (κ3) is 5.80. The van der Waals surface area contributed by atoms with Gasteiger partial charge in [-0.25, -0.2) is 4.39 Å². The van der Waals surface area contributed by atoms with Crippen molar-refractivity contribution in [1.29, 1.82) is 0 Å². The van der Waals surface area contributed by atoms with E-state index in [0.29, 0.717) is 34.4 Å². The molecule has 0 aliphatic carbocycles. The highest BCUT2D eigenvalue weighted by molar-refractivity contribution is 6.31. The van der Waals surface area contributed by atoms with Crippen LogP contribution in [0, 0.1) is 11.7 Å². The van der Waals surface area contributed by atoms with Crippen LogP contribution in [0.25, 0.3) is 0 Å². The zero-order valence-corrected chi connectivity index (χ0v) is 21.5. The number of amides is 2. The van der Waals surface area contributed by atoms with Crippen LogP contribution in [-0.4, -0.2) is 51.1 Å². The van der Waals surface area contributed by atoms with E-state index in [4.69, 9.17) is 25.8 Å². The molecular formula is C28H28ClFN2O5. The molecule has 1 aliphatic rings. The number of methoxy groups -OCH3 is 3. The van der Waals surface area contributed by atoms with Gasteiger partial charge in [-0.1, -0.05) is 29.8 Å². The highest BCUT2D eigenvalue weighted by Crippen LogP contribution is 2.43. The molecule has 2 amide bonds. The van der Waals surface area contributed by atoms with E-state index in [1.807, 2.05) is 0 Å². The molecule has 1 saturated heterocycles. The van der Waals surface area contributed by atoms with Crippen molar-refractivity contribution in [3.63, 3.8) is 0 Å². The largest absolute Gasteiger partial charge is 0.493 e. The number of nitrogens with one attached hydrogen (secondary N) is 1. The van der Waals surface area contributed by atoms with Gasteiger partial charge in [-0.2, -0.15) is 0 Å². The van der Waals surface area contributed by atoms with Gasteiger partial charge in [0, 0.05) is 36.1 Å². The first-order chi connectivity index (χ1) is 17.8. The minimum atomic E-state index is -0.550. The van der Waals surface area contributed by atoms with Crippen molar-refractivity contribution in [2.75, 3.05) is 34.4 Å². The van der Waals surface area contributed by atoms with Gasteiger partial charge in [0.1, 0.15) is 5.82 Å². The molecule has 9 heteroatoms. The van der Waals surface area contributed by atoms with Crippen LogP contribution in [0.15, 0.2) is 60.7 Å². The number of nitrogens with zero attached hydrogens (tertiary/aromatic N) is 1. The summed E-state index contributed by atoms with van der Waals surface area (Å²) >= 11 is 6.11. The lowest BCUT2D eigenvalue weighted by atomic mass is 9.87. The summed E-state index contributed by atoms with van der Waals surface area (Å²) in [5.41, 5.74) is 1.99. The summed E-state index contributed by atoms with van der Waals surface area (Å²) in [6, 6.07) is 16.3. The van der Waals surface area contributed by atoms with E-state index in [0.717, 1.165) is 11.1 Å². The van der Waals surface area contributed by atoms with Crippen LogP contribution in [0.5, 0.6) is 17.2 Å². The smallest absolute Gasteiger partial charge is 0.253 e. The molecule has 0 bridgehead atoms. The minimum Gasteiger partial charge on any atom is -0.493 e. The van der Waals surface area contributed by atoms with Gasteiger partial charge in [0.15, 0.2) is 11.5 Å². The average molecular weight is 527 g/mol. The quantitative estimate of drug-likeness (QED) is 0.461. The number of halogens is 2. The summed E-state index contributed by atoms with van der Waals surface area (Å²) in [6.45, 7) is 0.750. The van der Waals surface area contributed by atoms with Crippen molar-refractivity contribution in [3.8, 4) is 17.2 Å². The zero-order chi connectivity index (χ0) is 26.5. The molecule has 0 spiro atoms. The Morgan fingerprint density at radius 1 is 0.973 bits per heavy atom. The molecular weight excluding hydrogens is 499 g/mol. The molecule has 2 atom stereocenters. The van der Waals surface area contributed by atoms with Crippen molar-refractivity contribution in [1.82, 2.24) is 10.2 Å². The lowest BCUT2D eigenvalue weighted by Crippen LogP contribution is -2.35. The van der Waals surface area contributed by atoms with Gasteiger partial charge >= 0.3 is 0 Å². The second-order valence-corrected chi connectivity index (χ2v) is 9.17. The molecule has 1 fully saturated rings. The van der Waals surface area contributed by atoms with Crippen LogP contribution < -0.4 is 19.5 Å². The Morgan fingerprint density at radius 3 is 2.24 bits per heavy atom. The Hall–Kier alpha value is -3.78. The van der Waals surface area contributed by atoms with Crippen molar-refractivity contribution in [2.24, 2.45) is 5.92 Å². The van der Waals surface area contributed by atoms with Crippen molar-refractivity contribution in [2.45, 2.75) is 12.5 Å². The molecule has 0 radical (unpaired) electrons. The van der Waals surface area contributed by atoms with Gasteiger partial charge < -0.3 is 24.4 Å². The van der Waals surface area contributed by atoms with Crippen LogP contribution in [0.4, 0.5) is 4.39 Å². The van der Waals surface area contributed by atoms with E-state index >= 15 is 0 Å². The standard InChI is InChI=1S/C28H28ClFN2O5/c1-35-24-12-19(13-25(36-2)26(24)37-3)22-15-32(28(34)18-5-4-6-20(29)11-18)16-23(22)27(33)31-14-17-7-9-21(30)10-8-17/h4-13,22-23H,14-16H2,1-3H3,(H,31,33). The summed E-state index contributed by atoms with van der Waals surface area (Å²) in [7, 11) is 4.57. The van der Waals surface area contributed by atoms with E-state index in [2.05, 4.69) is 5.32 Å². The van der Waals surface area contributed by atoms with Gasteiger partial charge in [-0.3, -0.25) is 9.59 Å². The Labute approximate surface area is 220 Å². The number of hydrogen-bond donors (Lipinski definition) is 1. The topological polar surface area (TPSA) is 77.1 Å². The van der Waals surface area contributed by atoms with Crippen LogP contribution in [0.1, 0.15) is 27.4 Å². The third-order valence-electron chi connectivity index (χ3n) is 6.51. The van der Waals surface area contributed by atoms with E-state index in [9.17, 15) is 14.0 Å². The van der Waals surface area contributed by atoms with Crippen molar-refractivity contribution >= 4 is 23.4 Å². The van der Waals surface area contributed by atoms with E-state index in [-0.39, 0.29) is 36.6 Å². The molecule has 4 rings (SSSR count). The first kappa shape index (κ1) is 26.3. The number of likely N-dealkylation sites (tertiary alicyclic amines) is 1. The molecule has 1 heterocycles. The van der Waals surface area contributed by atoms with E-state index < -0.39 is 5.92 Å². The minimum absolute atomic E-state index is 0.210. The number of ether oxygens (including phenoxy) is 3. The number of carbonyl (C=O) groups excluding carboxylic acids is 2. The molecule has 194 valence electrons. The summed E-state index contributed by atoms with van der Waals surface area (Å²) in [5.74, 6) is -0.307. The molecule has 1 N–H and O–H groups in total. The van der Waals surface area contributed by atoms with Crippen LogP contribution in [0.2, 0.25) is 5.02 Å². The van der Waals surface area contributed by atoms with Crippen LogP contribution in [-0.2, 0) is 11.3 Å². The summed E-state index contributed by atoms with van der Waals surface area (Å²) in [6.07, 6.45) is 0.